The summed E-state index contributed by atoms with van der Waals surface area (Å²) in [6.07, 6.45) is 2.28. The Bertz CT molecular complexity index is 982. The molecule has 0 unspecified atom stereocenters. The number of nitrogens with one attached hydrogen (secondary N) is 2. The minimum absolute atomic E-state index is 0.195. The molecule has 0 radical (unpaired) electrons. The highest BCUT2D eigenvalue weighted by atomic mass is 32.1. The lowest BCUT2D eigenvalue weighted by Crippen LogP contribution is -2.69. The number of urea groups is 1. The number of piperazine rings is 1. The number of imide groups is 1. The van der Waals surface area contributed by atoms with Crippen LogP contribution in [0.5, 0.6) is 0 Å². The monoisotopic (exact) mass is 491 g/mol. The Hall–Kier alpha value is -2.99. The van der Waals surface area contributed by atoms with Gasteiger partial charge in [0.1, 0.15) is 4.88 Å². The second-order valence-electron chi connectivity index (χ2n) is 8.93. The van der Waals surface area contributed by atoms with E-state index in [4.69, 9.17) is 0 Å². The van der Waals surface area contributed by atoms with E-state index in [0.29, 0.717) is 17.0 Å². The Kier molecular flexibility index (Phi) is 7.17. The number of β-lactam (4-membered cyclic amide) rings is 1. The summed E-state index contributed by atoms with van der Waals surface area (Å²) >= 11 is 1.23. The predicted molar refractivity (Wildman–Crippen MR) is 123 cm³/mol. The van der Waals surface area contributed by atoms with E-state index in [-0.39, 0.29) is 43.9 Å². The fraction of sp³-hybridized carbons (Fsp3) is 0.591. The van der Waals surface area contributed by atoms with Gasteiger partial charge in [-0.15, -0.1) is 11.3 Å². The SMILES string of the molecule is CC(=O)Nc1ccsc1C(=O)N1CCN(C(=O)N2C(=O)[C@H](CC3CCNCC3)[C@H]2C(=O)O)CC1. The van der Waals surface area contributed by atoms with Crippen molar-refractivity contribution < 1.29 is 29.1 Å². The Morgan fingerprint density at radius 3 is 2.38 bits per heavy atom. The lowest BCUT2D eigenvalue weighted by atomic mass is 9.78. The molecular formula is C22H29N5O6S. The minimum Gasteiger partial charge on any atom is -0.480 e. The molecule has 0 spiro atoms. The number of nitrogens with zero attached hydrogens (tertiary/aromatic N) is 3. The van der Waals surface area contributed by atoms with Crippen molar-refractivity contribution in [3.8, 4) is 0 Å². The van der Waals surface area contributed by atoms with E-state index >= 15 is 0 Å². The molecule has 5 amide bonds. The van der Waals surface area contributed by atoms with E-state index in [2.05, 4.69) is 10.6 Å². The first-order chi connectivity index (χ1) is 16.3. The first-order valence-electron chi connectivity index (χ1n) is 11.5. The zero-order chi connectivity index (χ0) is 24.4. The van der Waals surface area contributed by atoms with Gasteiger partial charge in [0.25, 0.3) is 5.91 Å². The molecule has 3 aliphatic rings. The first-order valence-corrected chi connectivity index (χ1v) is 12.4. The molecule has 4 heterocycles. The van der Waals surface area contributed by atoms with Crippen LogP contribution in [0.2, 0.25) is 0 Å². The summed E-state index contributed by atoms with van der Waals surface area (Å²) in [4.78, 5) is 66.3. The molecule has 0 bridgehead atoms. The molecule has 1 aromatic heterocycles. The standard InChI is InChI=1S/C22H29N5O6S/c1-13(28)24-16-4-11-34-18(16)20(30)25-7-9-26(10-8-25)22(33)27-17(21(31)32)15(19(27)29)12-14-2-5-23-6-3-14/h4,11,14-15,17,23H,2-3,5-10,12H2,1H3,(H,24,28)(H,31,32)/t15-,17+/m1/s1. The highest BCUT2D eigenvalue weighted by molar-refractivity contribution is 7.12. The molecule has 4 rings (SSSR count). The molecule has 1 aromatic rings. The van der Waals surface area contributed by atoms with Gasteiger partial charge in [-0.2, -0.15) is 0 Å². The number of amides is 5. The van der Waals surface area contributed by atoms with Crippen LogP contribution in [0, 0.1) is 11.8 Å². The van der Waals surface area contributed by atoms with Crippen molar-refractivity contribution in [2.45, 2.75) is 32.2 Å². The number of carboxylic acid groups (broad SMARTS) is 1. The number of carboxylic acids is 1. The number of hydrogen-bond donors (Lipinski definition) is 3. The van der Waals surface area contributed by atoms with Gasteiger partial charge in [0.15, 0.2) is 6.04 Å². The van der Waals surface area contributed by atoms with Crippen molar-refractivity contribution in [3.63, 3.8) is 0 Å². The van der Waals surface area contributed by atoms with Gasteiger partial charge in [-0.3, -0.25) is 14.4 Å². The van der Waals surface area contributed by atoms with E-state index in [1.54, 1.807) is 16.3 Å². The first kappa shape index (κ1) is 24.1. The largest absolute Gasteiger partial charge is 0.480 e. The van der Waals surface area contributed by atoms with E-state index in [1.165, 1.54) is 23.2 Å². The lowest BCUT2D eigenvalue weighted by Gasteiger charge is -2.47. The molecule has 2 atom stereocenters. The van der Waals surface area contributed by atoms with Crippen molar-refractivity contribution in [2.24, 2.45) is 11.8 Å². The number of anilines is 1. The van der Waals surface area contributed by atoms with Crippen LogP contribution in [-0.4, -0.2) is 94.8 Å². The molecule has 0 aliphatic carbocycles. The Morgan fingerprint density at radius 2 is 1.76 bits per heavy atom. The van der Waals surface area contributed by atoms with Gasteiger partial charge in [0.2, 0.25) is 11.8 Å². The molecule has 0 saturated carbocycles. The highest BCUT2D eigenvalue weighted by Crippen LogP contribution is 2.36. The minimum atomic E-state index is -1.16. The topological polar surface area (TPSA) is 139 Å². The van der Waals surface area contributed by atoms with Gasteiger partial charge < -0.3 is 25.5 Å². The number of aliphatic carboxylic acids is 1. The second kappa shape index (κ2) is 10.1. The Morgan fingerprint density at radius 1 is 1.12 bits per heavy atom. The van der Waals surface area contributed by atoms with Crippen LogP contribution in [0.15, 0.2) is 11.4 Å². The maximum Gasteiger partial charge on any atom is 0.327 e. The summed E-state index contributed by atoms with van der Waals surface area (Å²) in [7, 11) is 0. The molecule has 11 nitrogen and oxygen atoms in total. The summed E-state index contributed by atoms with van der Waals surface area (Å²) in [5, 5.41) is 17.3. The second-order valence-corrected chi connectivity index (χ2v) is 9.85. The van der Waals surface area contributed by atoms with Crippen molar-refractivity contribution in [1.29, 1.82) is 0 Å². The van der Waals surface area contributed by atoms with E-state index in [0.717, 1.165) is 30.8 Å². The summed E-state index contributed by atoms with van der Waals surface area (Å²) in [6, 6.07) is -0.0806. The maximum atomic E-state index is 13.0. The van der Waals surface area contributed by atoms with Crippen LogP contribution < -0.4 is 10.6 Å². The number of carbonyl (C=O) groups is 5. The van der Waals surface area contributed by atoms with Gasteiger partial charge in [0, 0.05) is 33.1 Å². The zero-order valence-corrected chi connectivity index (χ0v) is 19.8. The fourth-order valence-corrected chi connectivity index (χ4v) is 5.73. The molecule has 3 N–H and O–H groups in total. The maximum absolute atomic E-state index is 13.0. The Balaban J connectivity index is 1.35. The number of thiophene rings is 1. The van der Waals surface area contributed by atoms with Crippen LogP contribution in [-0.2, 0) is 14.4 Å². The molecule has 12 heteroatoms. The van der Waals surface area contributed by atoms with Crippen molar-refractivity contribution in [1.82, 2.24) is 20.0 Å². The smallest absolute Gasteiger partial charge is 0.327 e. The zero-order valence-electron chi connectivity index (χ0n) is 19.0. The third-order valence-electron chi connectivity index (χ3n) is 6.73. The molecule has 184 valence electrons. The fourth-order valence-electron chi connectivity index (χ4n) is 4.91. The van der Waals surface area contributed by atoms with Crippen LogP contribution >= 0.6 is 11.3 Å². The van der Waals surface area contributed by atoms with Crippen LogP contribution in [0.4, 0.5) is 10.5 Å². The van der Waals surface area contributed by atoms with Crippen molar-refractivity contribution in [3.05, 3.63) is 16.3 Å². The molecular weight excluding hydrogens is 462 g/mol. The van der Waals surface area contributed by atoms with Gasteiger partial charge in [-0.1, -0.05) is 0 Å². The number of piperidine rings is 1. The van der Waals surface area contributed by atoms with Gasteiger partial charge in [0.05, 0.1) is 11.6 Å². The average molecular weight is 492 g/mol. The molecule has 0 aromatic carbocycles. The van der Waals surface area contributed by atoms with E-state index in [1.807, 2.05) is 0 Å². The number of hydrogen-bond acceptors (Lipinski definition) is 7. The number of likely N-dealkylation sites (tertiary alicyclic amines) is 1. The predicted octanol–water partition coefficient (Wildman–Crippen LogP) is 0.886. The lowest BCUT2D eigenvalue weighted by molar-refractivity contribution is -0.167. The molecule has 3 aliphatic heterocycles. The summed E-state index contributed by atoms with van der Waals surface area (Å²) in [5.74, 6) is -2.48. The molecule has 3 fully saturated rings. The quantitative estimate of drug-likeness (QED) is 0.520. The molecule has 3 saturated heterocycles. The van der Waals surface area contributed by atoms with Gasteiger partial charge >= 0.3 is 12.0 Å². The summed E-state index contributed by atoms with van der Waals surface area (Å²) in [6.45, 7) is 3.97. The average Bonchev–Trinajstić information content (AvgIpc) is 3.27. The van der Waals surface area contributed by atoms with Crippen LogP contribution in [0.1, 0.15) is 35.9 Å². The summed E-state index contributed by atoms with van der Waals surface area (Å²) in [5.41, 5.74) is 0.455. The van der Waals surface area contributed by atoms with Crippen molar-refractivity contribution in [2.75, 3.05) is 44.6 Å². The van der Waals surface area contributed by atoms with Gasteiger partial charge in [-0.25, -0.2) is 14.5 Å². The molecule has 34 heavy (non-hydrogen) atoms. The Labute approximate surface area is 201 Å². The highest BCUT2D eigenvalue weighted by Gasteiger charge is 2.56. The van der Waals surface area contributed by atoms with Crippen LogP contribution in [0.3, 0.4) is 0 Å². The number of carbonyl (C=O) groups excluding carboxylic acids is 4. The van der Waals surface area contributed by atoms with Gasteiger partial charge in [-0.05, 0) is 49.7 Å². The number of rotatable bonds is 5. The third kappa shape index (κ3) is 4.78. The van der Waals surface area contributed by atoms with Crippen LogP contribution in [0.25, 0.3) is 0 Å². The third-order valence-corrected chi connectivity index (χ3v) is 7.63. The van der Waals surface area contributed by atoms with E-state index < -0.39 is 29.9 Å². The van der Waals surface area contributed by atoms with Crippen molar-refractivity contribution >= 4 is 46.7 Å². The summed E-state index contributed by atoms with van der Waals surface area (Å²) < 4.78 is 0. The van der Waals surface area contributed by atoms with E-state index in [9.17, 15) is 29.1 Å². The normalized spacial score (nSPS) is 23.4.